The molecule has 1 atom stereocenters. The average molecular weight is 235 g/mol. The minimum absolute atomic E-state index is 0.0813. The van der Waals surface area contributed by atoms with Crippen molar-refractivity contribution in [2.45, 2.75) is 18.9 Å². The maximum Gasteiger partial charge on any atom is 0.326 e. The van der Waals surface area contributed by atoms with E-state index in [0.717, 1.165) is 0 Å². The highest BCUT2D eigenvalue weighted by Gasteiger charge is 2.34. The van der Waals surface area contributed by atoms with Crippen molar-refractivity contribution in [3.63, 3.8) is 0 Å². The van der Waals surface area contributed by atoms with E-state index >= 15 is 0 Å². The second-order valence-corrected chi connectivity index (χ2v) is 4.04. The fraction of sp³-hybridized carbons (Fsp3) is 0.333. The molecule has 1 aromatic rings. The number of phenols is 1. The average Bonchev–Trinajstić information content (AvgIpc) is 2.78. The van der Waals surface area contributed by atoms with Crippen LogP contribution < -0.4 is 0 Å². The summed E-state index contributed by atoms with van der Waals surface area (Å²) in [5.74, 6) is -1.18. The molecule has 17 heavy (non-hydrogen) atoms. The first kappa shape index (κ1) is 11.4. The van der Waals surface area contributed by atoms with Gasteiger partial charge in [0.05, 0.1) is 0 Å². The summed E-state index contributed by atoms with van der Waals surface area (Å²) in [7, 11) is 0. The molecule has 1 aliphatic rings. The smallest absolute Gasteiger partial charge is 0.326 e. The molecule has 0 aliphatic carbocycles. The van der Waals surface area contributed by atoms with Crippen molar-refractivity contribution in [2.24, 2.45) is 0 Å². The Labute approximate surface area is 98.3 Å². The lowest BCUT2D eigenvalue weighted by Gasteiger charge is -2.21. The fourth-order valence-electron chi connectivity index (χ4n) is 2.04. The number of carboxylic acid groups (broad SMARTS) is 1. The zero-order chi connectivity index (χ0) is 12.4. The van der Waals surface area contributed by atoms with Crippen LogP contribution in [0.25, 0.3) is 0 Å². The van der Waals surface area contributed by atoms with Crippen LogP contribution >= 0.6 is 0 Å². The molecule has 0 unspecified atom stereocenters. The lowest BCUT2D eigenvalue weighted by Crippen LogP contribution is -2.40. The SMILES string of the molecule is O=C(O)[C@H]1CCCN1C(=O)c1ccc(O)cc1. The molecule has 0 aromatic heterocycles. The molecule has 0 spiro atoms. The first-order chi connectivity index (χ1) is 8.09. The molecule has 1 fully saturated rings. The second-order valence-electron chi connectivity index (χ2n) is 4.04. The number of benzene rings is 1. The topological polar surface area (TPSA) is 77.8 Å². The number of aliphatic carboxylic acids is 1. The monoisotopic (exact) mass is 235 g/mol. The van der Waals surface area contributed by atoms with Crippen LogP contribution in [0.1, 0.15) is 23.2 Å². The summed E-state index contributed by atoms with van der Waals surface area (Å²) in [6, 6.07) is 5.10. The molecule has 5 nitrogen and oxygen atoms in total. The molecule has 2 rings (SSSR count). The zero-order valence-electron chi connectivity index (χ0n) is 9.17. The Kier molecular flexibility index (Phi) is 2.99. The minimum Gasteiger partial charge on any atom is -0.508 e. The summed E-state index contributed by atoms with van der Waals surface area (Å²) < 4.78 is 0. The van der Waals surface area contributed by atoms with E-state index < -0.39 is 12.0 Å². The summed E-state index contributed by atoms with van der Waals surface area (Å²) in [4.78, 5) is 24.4. The number of rotatable bonds is 2. The summed E-state index contributed by atoms with van der Waals surface area (Å²) >= 11 is 0. The van der Waals surface area contributed by atoms with Crippen LogP contribution in [0.4, 0.5) is 0 Å². The van der Waals surface area contributed by atoms with Crippen molar-refractivity contribution in [2.75, 3.05) is 6.54 Å². The van der Waals surface area contributed by atoms with Gasteiger partial charge in [0.2, 0.25) is 0 Å². The van der Waals surface area contributed by atoms with Crippen LogP contribution in [0.3, 0.4) is 0 Å². The third-order valence-corrected chi connectivity index (χ3v) is 2.91. The predicted molar refractivity (Wildman–Crippen MR) is 59.8 cm³/mol. The minimum atomic E-state index is -0.963. The fourth-order valence-corrected chi connectivity index (χ4v) is 2.04. The van der Waals surface area contributed by atoms with Crippen molar-refractivity contribution in [3.05, 3.63) is 29.8 Å². The van der Waals surface area contributed by atoms with E-state index in [-0.39, 0.29) is 11.7 Å². The van der Waals surface area contributed by atoms with Gasteiger partial charge in [0.1, 0.15) is 11.8 Å². The Balaban J connectivity index is 2.19. The Hall–Kier alpha value is -2.04. The standard InChI is InChI=1S/C12H13NO4/c14-9-5-3-8(4-6-9)11(15)13-7-1-2-10(13)12(16)17/h3-6,10,14H,1-2,7H2,(H,16,17)/t10-/m1/s1. The summed E-state index contributed by atoms with van der Waals surface area (Å²) in [5.41, 5.74) is 0.399. The van der Waals surface area contributed by atoms with Gasteiger partial charge in [-0.05, 0) is 37.1 Å². The molecule has 1 amide bonds. The van der Waals surface area contributed by atoms with Crippen LogP contribution in [0.2, 0.25) is 0 Å². The third kappa shape index (κ3) is 2.22. The lowest BCUT2D eigenvalue weighted by molar-refractivity contribution is -0.141. The van der Waals surface area contributed by atoms with Crippen molar-refractivity contribution in [1.82, 2.24) is 4.90 Å². The molecule has 2 N–H and O–H groups in total. The summed E-state index contributed by atoms with van der Waals surface area (Å²) in [5, 5.41) is 18.1. The number of amides is 1. The number of nitrogens with zero attached hydrogens (tertiary/aromatic N) is 1. The molecule has 1 aliphatic heterocycles. The van der Waals surface area contributed by atoms with Gasteiger partial charge in [0.15, 0.2) is 0 Å². The maximum atomic E-state index is 12.1. The summed E-state index contributed by atoms with van der Waals surface area (Å²) in [6.45, 7) is 0.469. The maximum absolute atomic E-state index is 12.1. The van der Waals surface area contributed by atoms with Gasteiger partial charge in [0, 0.05) is 12.1 Å². The van der Waals surface area contributed by atoms with E-state index in [1.165, 1.54) is 29.2 Å². The van der Waals surface area contributed by atoms with Crippen molar-refractivity contribution in [3.8, 4) is 5.75 Å². The van der Waals surface area contributed by atoms with E-state index in [4.69, 9.17) is 10.2 Å². The molecule has 1 saturated heterocycles. The van der Waals surface area contributed by atoms with E-state index in [1.54, 1.807) is 0 Å². The third-order valence-electron chi connectivity index (χ3n) is 2.91. The molecule has 1 aromatic carbocycles. The van der Waals surface area contributed by atoms with Crippen LogP contribution in [-0.2, 0) is 4.79 Å². The van der Waals surface area contributed by atoms with Gasteiger partial charge in [-0.2, -0.15) is 0 Å². The number of carboxylic acids is 1. The second kappa shape index (κ2) is 4.45. The first-order valence-electron chi connectivity index (χ1n) is 5.42. The highest BCUT2D eigenvalue weighted by atomic mass is 16.4. The van der Waals surface area contributed by atoms with Gasteiger partial charge in [-0.15, -0.1) is 0 Å². The molecule has 0 radical (unpaired) electrons. The van der Waals surface area contributed by atoms with Crippen LogP contribution in [0.15, 0.2) is 24.3 Å². The molecule has 5 heteroatoms. The largest absolute Gasteiger partial charge is 0.508 e. The number of aromatic hydroxyl groups is 1. The van der Waals surface area contributed by atoms with E-state index in [0.29, 0.717) is 24.9 Å². The highest BCUT2D eigenvalue weighted by Crippen LogP contribution is 2.21. The van der Waals surface area contributed by atoms with Gasteiger partial charge in [-0.3, -0.25) is 4.79 Å². The molecular formula is C12H13NO4. The van der Waals surface area contributed by atoms with Crippen molar-refractivity contribution < 1.29 is 19.8 Å². The van der Waals surface area contributed by atoms with Gasteiger partial charge < -0.3 is 15.1 Å². The number of hydrogen-bond donors (Lipinski definition) is 2. The molecule has 1 heterocycles. The Morgan fingerprint density at radius 1 is 1.24 bits per heavy atom. The number of carbonyl (C=O) groups is 2. The van der Waals surface area contributed by atoms with Crippen molar-refractivity contribution in [1.29, 1.82) is 0 Å². The van der Waals surface area contributed by atoms with Crippen LogP contribution in [-0.4, -0.2) is 39.6 Å². The quantitative estimate of drug-likeness (QED) is 0.804. The molecule has 90 valence electrons. The first-order valence-corrected chi connectivity index (χ1v) is 5.42. The Bertz CT molecular complexity index is 440. The van der Waals surface area contributed by atoms with E-state index in [1.807, 2.05) is 0 Å². The van der Waals surface area contributed by atoms with E-state index in [2.05, 4.69) is 0 Å². The Morgan fingerprint density at radius 3 is 2.47 bits per heavy atom. The van der Waals surface area contributed by atoms with Gasteiger partial charge in [0.25, 0.3) is 5.91 Å². The summed E-state index contributed by atoms with van der Waals surface area (Å²) in [6.07, 6.45) is 1.21. The molecule has 0 saturated carbocycles. The highest BCUT2D eigenvalue weighted by molar-refractivity contribution is 5.97. The van der Waals surface area contributed by atoms with Crippen LogP contribution in [0, 0.1) is 0 Å². The normalized spacial score (nSPS) is 19.3. The van der Waals surface area contributed by atoms with Gasteiger partial charge >= 0.3 is 5.97 Å². The van der Waals surface area contributed by atoms with E-state index in [9.17, 15) is 9.59 Å². The number of phenolic OH excluding ortho intramolecular Hbond substituents is 1. The van der Waals surface area contributed by atoms with Gasteiger partial charge in [-0.25, -0.2) is 4.79 Å². The van der Waals surface area contributed by atoms with Gasteiger partial charge in [-0.1, -0.05) is 0 Å². The number of carbonyl (C=O) groups excluding carboxylic acids is 1. The Morgan fingerprint density at radius 2 is 1.88 bits per heavy atom. The lowest BCUT2D eigenvalue weighted by atomic mass is 10.1. The molecule has 0 bridgehead atoms. The number of likely N-dealkylation sites (tertiary alicyclic amines) is 1. The van der Waals surface area contributed by atoms with Crippen molar-refractivity contribution >= 4 is 11.9 Å². The van der Waals surface area contributed by atoms with Crippen LogP contribution in [0.5, 0.6) is 5.75 Å². The molecular weight excluding hydrogens is 222 g/mol. The zero-order valence-corrected chi connectivity index (χ0v) is 9.17. The predicted octanol–water partition coefficient (Wildman–Crippen LogP) is 1.08. The number of hydrogen-bond acceptors (Lipinski definition) is 3.